The second-order valence-electron chi connectivity index (χ2n) is 5.39. The molecule has 1 aromatic heterocycles. The van der Waals surface area contributed by atoms with Gasteiger partial charge < -0.3 is 13.9 Å². The molecule has 0 spiro atoms. The zero-order valence-electron chi connectivity index (χ0n) is 13.6. The summed E-state index contributed by atoms with van der Waals surface area (Å²) in [5, 5.41) is 4.26. The summed E-state index contributed by atoms with van der Waals surface area (Å²) in [6.07, 6.45) is 3.04. The molecule has 24 heavy (non-hydrogen) atoms. The maximum atomic E-state index is 12.2. The smallest absolute Gasteiger partial charge is 0.247 e. The van der Waals surface area contributed by atoms with Gasteiger partial charge in [0.1, 0.15) is 23.0 Å². The highest BCUT2D eigenvalue weighted by Gasteiger charge is 2.37. The number of benzene rings is 1. The van der Waals surface area contributed by atoms with E-state index in [4.69, 9.17) is 13.9 Å². The van der Waals surface area contributed by atoms with E-state index >= 15 is 0 Å². The Morgan fingerprint density at radius 2 is 2.04 bits per heavy atom. The third-order valence-corrected chi connectivity index (χ3v) is 4.83. The molecule has 1 aliphatic heterocycles. The first-order valence-electron chi connectivity index (χ1n) is 7.26. The fourth-order valence-electron chi connectivity index (χ4n) is 2.72. The number of furan rings is 1. The molecular weight excluding hydrogens is 332 g/mol. The molecule has 0 radical (unpaired) electrons. The molecule has 0 unspecified atom stereocenters. The lowest BCUT2D eigenvalue weighted by atomic mass is 10.0. The van der Waals surface area contributed by atoms with Crippen LogP contribution in [0.4, 0.5) is 0 Å². The number of ether oxygens (including phenoxy) is 2. The molecule has 3 rings (SSSR count). The summed E-state index contributed by atoms with van der Waals surface area (Å²) < 4.78 is 41.5. The van der Waals surface area contributed by atoms with Gasteiger partial charge in [0.05, 0.1) is 32.8 Å². The Balaban J connectivity index is 2.07. The van der Waals surface area contributed by atoms with Crippen molar-refractivity contribution in [2.75, 3.05) is 20.5 Å². The molecule has 8 heteroatoms. The number of methoxy groups -OCH3 is 2. The van der Waals surface area contributed by atoms with E-state index in [0.717, 1.165) is 10.7 Å². The zero-order valence-corrected chi connectivity index (χ0v) is 14.4. The number of rotatable bonds is 5. The van der Waals surface area contributed by atoms with Gasteiger partial charge in [-0.15, -0.1) is 0 Å². The summed E-state index contributed by atoms with van der Waals surface area (Å²) in [5.41, 5.74) is 1.26. The summed E-state index contributed by atoms with van der Waals surface area (Å²) >= 11 is 0. The Bertz CT molecular complexity index is 859. The van der Waals surface area contributed by atoms with Crippen LogP contribution in [0.3, 0.4) is 0 Å². The predicted octanol–water partition coefficient (Wildman–Crippen LogP) is 2.41. The van der Waals surface area contributed by atoms with Crippen molar-refractivity contribution < 1.29 is 22.3 Å². The van der Waals surface area contributed by atoms with Crippen molar-refractivity contribution in [1.82, 2.24) is 4.41 Å². The van der Waals surface area contributed by atoms with Gasteiger partial charge in [0.2, 0.25) is 10.0 Å². The highest BCUT2D eigenvalue weighted by molar-refractivity contribution is 7.88. The van der Waals surface area contributed by atoms with E-state index in [0.29, 0.717) is 35.0 Å². The summed E-state index contributed by atoms with van der Waals surface area (Å²) in [4.78, 5) is 0. The lowest BCUT2D eigenvalue weighted by molar-refractivity contribution is 0.348. The molecule has 0 aliphatic carbocycles. The summed E-state index contributed by atoms with van der Waals surface area (Å²) in [6.45, 7) is 0. The molecule has 0 bridgehead atoms. The van der Waals surface area contributed by atoms with Crippen LogP contribution in [0, 0.1) is 0 Å². The van der Waals surface area contributed by atoms with Gasteiger partial charge in [-0.3, -0.25) is 0 Å². The third-order valence-electron chi connectivity index (χ3n) is 3.81. The number of hydrogen-bond acceptors (Lipinski definition) is 6. The van der Waals surface area contributed by atoms with Crippen molar-refractivity contribution >= 4 is 15.7 Å². The first-order valence-corrected chi connectivity index (χ1v) is 9.11. The second-order valence-corrected chi connectivity index (χ2v) is 7.23. The van der Waals surface area contributed by atoms with Gasteiger partial charge in [-0.1, -0.05) is 0 Å². The van der Waals surface area contributed by atoms with E-state index in [2.05, 4.69) is 5.10 Å². The van der Waals surface area contributed by atoms with Crippen molar-refractivity contribution in [3.8, 4) is 11.5 Å². The summed E-state index contributed by atoms with van der Waals surface area (Å²) in [6, 6.07) is 8.25. The average molecular weight is 350 g/mol. The van der Waals surface area contributed by atoms with Crippen LogP contribution in [0.5, 0.6) is 11.5 Å². The average Bonchev–Trinajstić information content (AvgIpc) is 3.22. The van der Waals surface area contributed by atoms with Gasteiger partial charge in [0.15, 0.2) is 0 Å². The molecular formula is C16H18N2O5S. The molecule has 0 N–H and O–H groups in total. The topological polar surface area (TPSA) is 81.3 Å². The number of hydrazone groups is 1. The molecule has 1 aromatic carbocycles. The molecule has 0 saturated heterocycles. The first-order chi connectivity index (χ1) is 11.4. The van der Waals surface area contributed by atoms with Crippen molar-refractivity contribution in [1.29, 1.82) is 0 Å². The number of sulfonamides is 1. The SMILES string of the molecule is COc1ccc(OC)c([C@H]2CC(c3ccco3)=NN2S(C)(=O)=O)c1. The minimum atomic E-state index is -3.56. The maximum absolute atomic E-state index is 12.2. The Hall–Kier alpha value is -2.48. The Morgan fingerprint density at radius 3 is 2.62 bits per heavy atom. The van der Waals surface area contributed by atoms with E-state index in [-0.39, 0.29) is 0 Å². The van der Waals surface area contributed by atoms with Crippen LogP contribution in [-0.4, -0.2) is 39.0 Å². The van der Waals surface area contributed by atoms with Crippen molar-refractivity contribution in [3.63, 3.8) is 0 Å². The van der Waals surface area contributed by atoms with E-state index in [1.54, 1.807) is 44.6 Å². The summed E-state index contributed by atoms with van der Waals surface area (Å²) in [7, 11) is -0.465. The lowest BCUT2D eigenvalue weighted by Crippen LogP contribution is -2.26. The van der Waals surface area contributed by atoms with E-state index in [9.17, 15) is 8.42 Å². The van der Waals surface area contributed by atoms with Gasteiger partial charge in [-0.25, -0.2) is 8.42 Å². The molecule has 2 heterocycles. The van der Waals surface area contributed by atoms with Gasteiger partial charge in [0, 0.05) is 12.0 Å². The van der Waals surface area contributed by atoms with Crippen molar-refractivity contribution in [3.05, 3.63) is 47.9 Å². The monoisotopic (exact) mass is 350 g/mol. The van der Waals surface area contributed by atoms with E-state index in [1.165, 1.54) is 6.26 Å². The minimum Gasteiger partial charge on any atom is -0.497 e. The Kier molecular flexibility index (Phi) is 4.23. The van der Waals surface area contributed by atoms with Gasteiger partial charge in [-0.05, 0) is 30.3 Å². The van der Waals surface area contributed by atoms with Crippen LogP contribution in [0.2, 0.25) is 0 Å². The fourth-order valence-corrected chi connectivity index (χ4v) is 3.61. The van der Waals surface area contributed by atoms with Crippen molar-refractivity contribution in [2.45, 2.75) is 12.5 Å². The van der Waals surface area contributed by atoms with Gasteiger partial charge >= 0.3 is 0 Å². The van der Waals surface area contributed by atoms with Gasteiger partial charge in [-0.2, -0.15) is 9.52 Å². The van der Waals surface area contributed by atoms with Crippen LogP contribution in [-0.2, 0) is 10.0 Å². The normalized spacial score (nSPS) is 17.7. The molecule has 1 aliphatic rings. The van der Waals surface area contributed by atoms with Crippen molar-refractivity contribution in [2.24, 2.45) is 5.10 Å². The highest BCUT2D eigenvalue weighted by Crippen LogP contribution is 2.40. The fraction of sp³-hybridized carbons (Fsp3) is 0.312. The molecule has 1 atom stereocenters. The minimum absolute atomic E-state index is 0.379. The lowest BCUT2D eigenvalue weighted by Gasteiger charge is -2.23. The molecule has 0 amide bonds. The van der Waals surface area contributed by atoms with Crippen LogP contribution in [0.1, 0.15) is 23.8 Å². The van der Waals surface area contributed by atoms with Crippen LogP contribution in [0.25, 0.3) is 0 Å². The predicted molar refractivity (Wildman–Crippen MR) is 88.8 cm³/mol. The Morgan fingerprint density at radius 1 is 1.25 bits per heavy atom. The quantitative estimate of drug-likeness (QED) is 0.827. The standard InChI is InChI=1S/C16H18N2O5S/c1-21-11-6-7-15(22-2)12(9-11)14-10-13(16-5-4-8-23-16)17-18(14)24(3,19)20/h4-9,14H,10H2,1-3H3/t14-/m1/s1. The molecule has 2 aromatic rings. The largest absolute Gasteiger partial charge is 0.497 e. The van der Waals surface area contributed by atoms with Crippen LogP contribution < -0.4 is 9.47 Å². The maximum Gasteiger partial charge on any atom is 0.247 e. The number of nitrogens with zero attached hydrogens (tertiary/aromatic N) is 2. The first kappa shape index (κ1) is 16.4. The van der Waals surface area contributed by atoms with Gasteiger partial charge in [0.25, 0.3) is 0 Å². The highest BCUT2D eigenvalue weighted by atomic mass is 32.2. The van der Waals surface area contributed by atoms with Crippen LogP contribution >= 0.6 is 0 Å². The second kappa shape index (κ2) is 6.20. The van der Waals surface area contributed by atoms with E-state index < -0.39 is 16.1 Å². The zero-order chi connectivity index (χ0) is 17.3. The molecule has 128 valence electrons. The third kappa shape index (κ3) is 2.96. The van der Waals surface area contributed by atoms with E-state index in [1.807, 2.05) is 0 Å². The molecule has 0 saturated carbocycles. The molecule has 0 fully saturated rings. The van der Waals surface area contributed by atoms with Crippen LogP contribution in [0.15, 0.2) is 46.1 Å². The number of hydrogen-bond donors (Lipinski definition) is 0. The summed E-state index contributed by atoms with van der Waals surface area (Å²) in [5.74, 6) is 1.74. The Labute approximate surface area is 140 Å². The molecule has 7 nitrogen and oxygen atoms in total.